The van der Waals surface area contributed by atoms with E-state index in [0.717, 1.165) is 65.1 Å². The molecular weight excluding hydrogens is 446 g/mol. The Morgan fingerprint density at radius 1 is 0.941 bits per heavy atom. The van der Waals surface area contributed by atoms with Gasteiger partial charge in [0.1, 0.15) is 15.8 Å². The maximum atomic E-state index is 11.1. The van der Waals surface area contributed by atoms with Crippen molar-refractivity contribution < 1.29 is 9.90 Å². The number of carbonyl (C=O) groups is 1. The van der Waals surface area contributed by atoms with Gasteiger partial charge >= 0.3 is 5.97 Å². The highest BCUT2D eigenvalue weighted by Crippen LogP contribution is 2.32. The molecule has 2 aromatic heterocycles. The maximum Gasteiger partial charge on any atom is 0.335 e. The Bertz CT molecular complexity index is 1100. The molecule has 2 aliphatic rings. The molecule has 1 aliphatic carbocycles. The van der Waals surface area contributed by atoms with Crippen LogP contribution in [0, 0.1) is 5.92 Å². The van der Waals surface area contributed by atoms with Gasteiger partial charge in [-0.3, -0.25) is 4.90 Å². The standard InChI is InChI=1S/C26H31N5O2S/c1-2-18-3-10-22(11-4-18)30-13-15-31(16-14-30)23-12-9-21(17-27-23)25-29-28-24(34-25)19-5-7-20(8-6-19)26(32)33/h5-9,12,17-18,22H,2-4,10-11,13-16H2,1H3,(H,32,33)/t18-,22+. The van der Waals surface area contributed by atoms with Gasteiger partial charge in [-0.05, 0) is 55.9 Å². The Labute approximate surface area is 204 Å². The maximum absolute atomic E-state index is 11.1. The molecule has 0 amide bonds. The van der Waals surface area contributed by atoms with E-state index in [9.17, 15) is 4.79 Å². The summed E-state index contributed by atoms with van der Waals surface area (Å²) in [7, 11) is 0. The molecule has 0 radical (unpaired) electrons. The predicted octanol–water partition coefficient (Wildman–Crippen LogP) is 5.06. The monoisotopic (exact) mass is 477 g/mol. The molecular formula is C26H31N5O2S. The summed E-state index contributed by atoms with van der Waals surface area (Å²) < 4.78 is 0. The fourth-order valence-corrected chi connectivity index (χ4v) is 5.98. The van der Waals surface area contributed by atoms with Gasteiger partial charge in [0, 0.05) is 49.5 Å². The highest BCUT2D eigenvalue weighted by atomic mass is 32.1. The van der Waals surface area contributed by atoms with E-state index in [4.69, 9.17) is 10.1 Å². The van der Waals surface area contributed by atoms with Crippen molar-refractivity contribution in [3.8, 4) is 21.1 Å². The Morgan fingerprint density at radius 3 is 2.18 bits per heavy atom. The zero-order valence-corrected chi connectivity index (χ0v) is 20.4. The molecule has 1 saturated carbocycles. The summed E-state index contributed by atoms with van der Waals surface area (Å²) in [6.07, 6.45) is 8.72. The van der Waals surface area contributed by atoms with E-state index in [-0.39, 0.29) is 5.56 Å². The molecule has 0 atom stereocenters. The SMILES string of the molecule is CC[C@H]1CC[C@@H](N2CCN(c3ccc(-c4nnc(-c5ccc(C(=O)O)cc5)s4)cn3)CC2)CC1. The lowest BCUT2D eigenvalue weighted by atomic mass is 9.84. The number of piperazine rings is 1. The van der Waals surface area contributed by atoms with Crippen LogP contribution in [0.3, 0.4) is 0 Å². The second kappa shape index (κ2) is 10.2. The van der Waals surface area contributed by atoms with E-state index in [0.29, 0.717) is 0 Å². The van der Waals surface area contributed by atoms with Gasteiger partial charge in [-0.2, -0.15) is 0 Å². The molecule has 2 fully saturated rings. The van der Waals surface area contributed by atoms with Crippen LogP contribution in [0.15, 0.2) is 42.6 Å². The van der Waals surface area contributed by atoms with Crippen molar-refractivity contribution >= 4 is 23.1 Å². The molecule has 34 heavy (non-hydrogen) atoms. The van der Waals surface area contributed by atoms with Gasteiger partial charge in [-0.15, -0.1) is 10.2 Å². The Hall–Kier alpha value is -2.84. The zero-order chi connectivity index (χ0) is 23.5. The van der Waals surface area contributed by atoms with Crippen molar-refractivity contribution in [1.29, 1.82) is 0 Å². The fraction of sp³-hybridized carbons (Fsp3) is 0.462. The van der Waals surface area contributed by atoms with Gasteiger partial charge in [-0.1, -0.05) is 36.8 Å². The molecule has 1 aromatic carbocycles. The first-order valence-corrected chi connectivity index (χ1v) is 13.0. The lowest BCUT2D eigenvalue weighted by molar-refractivity contribution is 0.0697. The molecule has 0 spiro atoms. The van der Waals surface area contributed by atoms with Crippen LogP contribution in [-0.2, 0) is 0 Å². The normalized spacial score (nSPS) is 21.5. The molecule has 178 valence electrons. The third kappa shape index (κ3) is 4.98. The molecule has 1 aliphatic heterocycles. The van der Waals surface area contributed by atoms with Gasteiger partial charge in [0.05, 0.1) is 5.56 Å². The lowest BCUT2D eigenvalue weighted by Crippen LogP contribution is -2.51. The van der Waals surface area contributed by atoms with Crippen LogP contribution < -0.4 is 4.90 Å². The van der Waals surface area contributed by atoms with E-state index in [1.165, 1.54) is 43.4 Å². The second-order valence-corrected chi connectivity index (χ2v) is 10.3. The van der Waals surface area contributed by atoms with Gasteiger partial charge < -0.3 is 10.0 Å². The quantitative estimate of drug-likeness (QED) is 0.531. The molecule has 0 unspecified atom stereocenters. The average Bonchev–Trinajstić information content (AvgIpc) is 3.39. The Kier molecular flexibility index (Phi) is 6.87. The average molecular weight is 478 g/mol. The number of hydrogen-bond acceptors (Lipinski definition) is 7. The number of aromatic carboxylic acids is 1. The molecule has 8 heteroatoms. The first kappa shape index (κ1) is 22.9. The minimum atomic E-state index is -0.934. The number of rotatable bonds is 6. The highest BCUT2D eigenvalue weighted by Gasteiger charge is 2.28. The Morgan fingerprint density at radius 2 is 1.59 bits per heavy atom. The van der Waals surface area contributed by atoms with Crippen LogP contribution in [0.25, 0.3) is 21.1 Å². The van der Waals surface area contributed by atoms with Gasteiger partial charge in [0.2, 0.25) is 0 Å². The van der Waals surface area contributed by atoms with Crippen molar-refractivity contribution in [3.05, 3.63) is 48.2 Å². The number of hydrogen-bond donors (Lipinski definition) is 1. The molecule has 5 rings (SSSR count). The van der Waals surface area contributed by atoms with Crippen LogP contribution in [0.1, 0.15) is 49.4 Å². The van der Waals surface area contributed by atoms with Gasteiger partial charge in [-0.25, -0.2) is 9.78 Å². The number of benzene rings is 1. The summed E-state index contributed by atoms with van der Waals surface area (Å²) in [5, 5.41) is 19.3. The molecule has 1 saturated heterocycles. The van der Waals surface area contributed by atoms with Crippen molar-refractivity contribution in [2.45, 2.75) is 45.1 Å². The van der Waals surface area contributed by atoms with Crippen LogP contribution >= 0.6 is 11.3 Å². The van der Waals surface area contributed by atoms with E-state index in [1.807, 2.05) is 6.20 Å². The minimum absolute atomic E-state index is 0.262. The van der Waals surface area contributed by atoms with Crippen molar-refractivity contribution in [3.63, 3.8) is 0 Å². The second-order valence-electron chi connectivity index (χ2n) is 9.31. The largest absolute Gasteiger partial charge is 0.478 e. The first-order valence-electron chi connectivity index (χ1n) is 12.2. The summed E-state index contributed by atoms with van der Waals surface area (Å²) in [5.74, 6) is 1.03. The van der Waals surface area contributed by atoms with Gasteiger partial charge in [0.25, 0.3) is 0 Å². The summed E-state index contributed by atoms with van der Waals surface area (Å²) in [5.41, 5.74) is 2.07. The van der Waals surface area contributed by atoms with E-state index >= 15 is 0 Å². The van der Waals surface area contributed by atoms with Crippen LogP contribution in [0.5, 0.6) is 0 Å². The lowest BCUT2D eigenvalue weighted by Gasteiger charge is -2.42. The number of carboxylic acids is 1. The molecule has 3 aromatic rings. The molecule has 1 N–H and O–H groups in total. The van der Waals surface area contributed by atoms with Crippen LogP contribution in [0.2, 0.25) is 0 Å². The summed E-state index contributed by atoms with van der Waals surface area (Å²) in [6.45, 7) is 6.61. The topological polar surface area (TPSA) is 82.5 Å². The van der Waals surface area contributed by atoms with E-state index < -0.39 is 5.97 Å². The predicted molar refractivity (Wildman–Crippen MR) is 135 cm³/mol. The number of aromatic nitrogens is 3. The number of anilines is 1. The fourth-order valence-electron chi connectivity index (χ4n) is 5.15. The van der Waals surface area contributed by atoms with Crippen molar-refractivity contribution in [1.82, 2.24) is 20.1 Å². The van der Waals surface area contributed by atoms with Crippen LogP contribution in [0.4, 0.5) is 5.82 Å². The summed E-state index contributed by atoms with van der Waals surface area (Å²) >= 11 is 1.48. The summed E-state index contributed by atoms with van der Waals surface area (Å²) in [6, 6.07) is 11.6. The van der Waals surface area contributed by atoms with Crippen LogP contribution in [-0.4, -0.2) is 63.4 Å². The zero-order valence-electron chi connectivity index (χ0n) is 19.6. The van der Waals surface area contributed by atoms with Crippen molar-refractivity contribution in [2.75, 3.05) is 31.1 Å². The highest BCUT2D eigenvalue weighted by molar-refractivity contribution is 7.17. The number of carboxylic acid groups (broad SMARTS) is 1. The van der Waals surface area contributed by atoms with E-state index in [2.05, 4.69) is 39.1 Å². The number of pyridine rings is 1. The van der Waals surface area contributed by atoms with Crippen molar-refractivity contribution in [2.24, 2.45) is 5.92 Å². The molecule has 7 nitrogen and oxygen atoms in total. The Balaban J connectivity index is 1.18. The minimum Gasteiger partial charge on any atom is -0.478 e. The van der Waals surface area contributed by atoms with Gasteiger partial charge in [0.15, 0.2) is 0 Å². The summed E-state index contributed by atoms with van der Waals surface area (Å²) in [4.78, 5) is 20.9. The molecule has 0 bridgehead atoms. The third-order valence-electron chi connectivity index (χ3n) is 7.35. The molecule has 3 heterocycles. The first-order chi connectivity index (χ1) is 16.6. The number of nitrogens with zero attached hydrogens (tertiary/aromatic N) is 5. The smallest absolute Gasteiger partial charge is 0.335 e. The van der Waals surface area contributed by atoms with E-state index in [1.54, 1.807) is 24.3 Å². The third-order valence-corrected chi connectivity index (χ3v) is 8.37.